The number of methoxy groups -OCH3 is 2. The number of halogens is 7. The highest BCUT2D eigenvalue weighted by molar-refractivity contribution is 7.92. The average molecular weight is 639 g/mol. The van der Waals surface area contributed by atoms with Crippen molar-refractivity contribution in [3.63, 3.8) is 0 Å². The highest BCUT2D eigenvalue weighted by Gasteiger charge is 2.38. The maximum atomic E-state index is 13.7. The predicted molar refractivity (Wildman–Crippen MR) is 144 cm³/mol. The summed E-state index contributed by atoms with van der Waals surface area (Å²) < 4.78 is 128. The second kappa shape index (κ2) is 11.7. The summed E-state index contributed by atoms with van der Waals surface area (Å²) in [5, 5.41) is 0.211. The van der Waals surface area contributed by atoms with E-state index in [0.717, 1.165) is 18.7 Å². The largest absolute Gasteiger partial charge is 0.493 e. The fraction of sp³-hybridized carbons (Fsp3) is 0.333. The van der Waals surface area contributed by atoms with Crippen LogP contribution in [0.3, 0.4) is 0 Å². The maximum absolute atomic E-state index is 13.7. The van der Waals surface area contributed by atoms with Gasteiger partial charge < -0.3 is 19.1 Å². The van der Waals surface area contributed by atoms with Gasteiger partial charge in [-0.3, -0.25) is 4.72 Å². The number of sulfonamides is 1. The van der Waals surface area contributed by atoms with E-state index in [1.165, 1.54) is 32.4 Å². The van der Waals surface area contributed by atoms with Crippen LogP contribution in [0.4, 0.5) is 32.0 Å². The van der Waals surface area contributed by atoms with Crippen LogP contribution in [-0.2, 0) is 22.4 Å². The van der Waals surface area contributed by atoms with E-state index in [1.807, 2.05) is 11.9 Å². The van der Waals surface area contributed by atoms with Gasteiger partial charge in [-0.15, -0.1) is 0 Å². The molecule has 1 N–H and O–H groups in total. The van der Waals surface area contributed by atoms with E-state index in [1.54, 1.807) is 0 Å². The summed E-state index contributed by atoms with van der Waals surface area (Å²) in [6, 6.07) is 6.83. The van der Waals surface area contributed by atoms with Gasteiger partial charge in [-0.1, -0.05) is 11.6 Å². The normalized spacial score (nSPS) is 16.4. The third-order valence-electron chi connectivity index (χ3n) is 6.50. The molecule has 3 aromatic carbocycles. The Morgan fingerprint density at radius 1 is 0.881 bits per heavy atom. The van der Waals surface area contributed by atoms with Crippen molar-refractivity contribution in [3.8, 4) is 28.4 Å². The highest BCUT2D eigenvalue weighted by Crippen LogP contribution is 2.43. The standard InChI is InChI=1S/C27H25ClF6N2O5S/c1-36-7-6-19(14-36)41-22-11-18(4-5-21(22)28)35-42(37,38)25-13-24(40-3)23(39-2)12-20(25)15-8-16(26(29,30)31)10-17(9-15)27(32,33)34/h4-5,8-13,19,35H,6-7,14H2,1-3H3/t19-/m1/s1. The third kappa shape index (κ3) is 6.98. The molecule has 1 heterocycles. The number of anilines is 1. The van der Waals surface area contributed by atoms with Gasteiger partial charge in [0.15, 0.2) is 11.5 Å². The lowest BCUT2D eigenvalue weighted by atomic mass is 9.98. The Morgan fingerprint density at radius 3 is 2.00 bits per heavy atom. The molecule has 1 atom stereocenters. The molecule has 0 spiro atoms. The van der Waals surface area contributed by atoms with Crippen LogP contribution in [0.25, 0.3) is 11.1 Å². The van der Waals surface area contributed by atoms with Crippen LogP contribution in [0.5, 0.6) is 17.2 Å². The smallest absolute Gasteiger partial charge is 0.416 e. The number of hydrogen-bond acceptors (Lipinski definition) is 6. The first-order valence-electron chi connectivity index (χ1n) is 12.2. The van der Waals surface area contributed by atoms with E-state index in [4.69, 9.17) is 25.8 Å². The molecule has 0 bridgehead atoms. The Balaban J connectivity index is 1.84. The highest BCUT2D eigenvalue weighted by atomic mass is 35.5. The van der Waals surface area contributed by atoms with E-state index < -0.39 is 49.5 Å². The zero-order valence-electron chi connectivity index (χ0n) is 22.4. The quantitative estimate of drug-likeness (QED) is 0.269. The Hall–Kier alpha value is -3.36. The SMILES string of the molecule is COc1cc(-c2cc(C(F)(F)F)cc(C(F)(F)F)c2)c(S(=O)(=O)Nc2ccc(Cl)c(O[C@@H]3CCN(C)C3)c2)cc1OC. The summed E-state index contributed by atoms with van der Waals surface area (Å²) in [5.74, 6) is -0.0614. The van der Waals surface area contributed by atoms with Crippen molar-refractivity contribution < 1.29 is 49.0 Å². The molecular weight excluding hydrogens is 614 g/mol. The van der Waals surface area contributed by atoms with Crippen LogP contribution >= 0.6 is 11.6 Å². The molecule has 1 saturated heterocycles. The third-order valence-corrected chi connectivity index (χ3v) is 8.23. The summed E-state index contributed by atoms with van der Waals surface area (Å²) in [4.78, 5) is 1.38. The van der Waals surface area contributed by atoms with Crippen LogP contribution in [0, 0.1) is 0 Å². The van der Waals surface area contributed by atoms with Crippen molar-refractivity contribution in [1.82, 2.24) is 4.90 Å². The monoisotopic (exact) mass is 638 g/mol. The molecule has 4 rings (SSSR count). The van der Waals surface area contributed by atoms with Gasteiger partial charge >= 0.3 is 12.4 Å². The summed E-state index contributed by atoms with van der Waals surface area (Å²) in [6.45, 7) is 1.42. The number of likely N-dealkylation sites (tertiary alicyclic amines) is 1. The number of hydrogen-bond donors (Lipinski definition) is 1. The van der Waals surface area contributed by atoms with E-state index in [-0.39, 0.29) is 40.1 Å². The number of nitrogens with one attached hydrogen (secondary N) is 1. The zero-order chi connectivity index (χ0) is 31.0. The summed E-state index contributed by atoms with van der Waals surface area (Å²) in [5.41, 5.74) is -4.40. The molecule has 1 aliphatic heterocycles. The van der Waals surface area contributed by atoms with Crippen LogP contribution in [0.2, 0.25) is 5.02 Å². The van der Waals surface area contributed by atoms with Gasteiger partial charge in [-0.25, -0.2) is 8.42 Å². The molecule has 1 fully saturated rings. The predicted octanol–water partition coefficient (Wildman–Crippen LogP) is 6.95. The second-order valence-electron chi connectivity index (χ2n) is 9.54. The summed E-state index contributed by atoms with van der Waals surface area (Å²) in [6.07, 6.45) is -9.79. The van der Waals surface area contributed by atoms with Crippen LogP contribution in [0.1, 0.15) is 17.5 Å². The van der Waals surface area contributed by atoms with Crippen molar-refractivity contribution in [3.05, 3.63) is 64.7 Å². The fourth-order valence-corrected chi connectivity index (χ4v) is 5.89. The molecule has 3 aromatic rings. The van der Waals surface area contributed by atoms with Crippen LogP contribution in [-0.4, -0.2) is 53.8 Å². The number of rotatable bonds is 8. The molecule has 1 aliphatic rings. The minimum atomic E-state index is -5.16. The molecule has 0 amide bonds. The molecule has 15 heteroatoms. The van der Waals surface area contributed by atoms with Crippen LogP contribution < -0.4 is 18.9 Å². The van der Waals surface area contributed by atoms with Crippen molar-refractivity contribution in [2.24, 2.45) is 0 Å². The topological polar surface area (TPSA) is 77.1 Å². The van der Waals surface area contributed by atoms with E-state index in [0.29, 0.717) is 25.1 Å². The second-order valence-corrected chi connectivity index (χ2v) is 11.6. The first-order chi connectivity index (χ1) is 19.5. The molecule has 228 valence electrons. The molecule has 0 radical (unpaired) electrons. The van der Waals surface area contributed by atoms with Crippen molar-refractivity contribution >= 4 is 27.3 Å². The number of likely N-dealkylation sites (N-methyl/N-ethyl adjacent to an activating group) is 1. The van der Waals surface area contributed by atoms with Crippen molar-refractivity contribution in [2.45, 2.75) is 29.8 Å². The molecule has 7 nitrogen and oxygen atoms in total. The lowest BCUT2D eigenvalue weighted by molar-refractivity contribution is -0.143. The molecule has 0 unspecified atom stereocenters. The molecule has 0 aromatic heterocycles. The van der Waals surface area contributed by atoms with Gasteiger partial charge in [0, 0.05) is 30.8 Å². The summed E-state index contributed by atoms with van der Waals surface area (Å²) >= 11 is 6.25. The lowest BCUT2D eigenvalue weighted by Crippen LogP contribution is -2.21. The van der Waals surface area contributed by atoms with E-state index >= 15 is 0 Å². The van der Waals surface area contributed by atoms with Gasteiger partial charge in [0.25, 0.3) is 10.0 Å². The molecule has 0 aliphatic carbocycles. The fourth-order valence-electron chi connectivity index (χ4n) is 4.46. The molecule has 42 heavy (non-hydrogen) atoms. The van der Waals surface area contributed by atoms with E-state index in [9.17, 15) is 34.8 Å². The number of alkyl halides is 6. The average Bonchev–Trinajstić information content (AvgIpc) is 3.32. The first-order valence-corrected chi connectivity index (χ1v) is 14.1. The van der Waals surface area contributed by atoms with Gasteiger partial charge in [-0.05, 0) is 55.4 Å². The Kier molecular flexibility index (Phi) is 8.82. The van der Waals surface area contributed by atoms with Gasteiger partial charge in [0.1, 0.15) is 11.9 Å². The zero-order valence-corrected chi connectivity index (χ0v) is 23.9. The van der Waals surface area contributed by atoms with E-state index in [2.05, 4.69) is 4.72 Å². The van der Waals surface area contributed by atoms with Crippen molar-refractivity contribution in [1.29, 1.82) is 0 Å². The first kappa shape index (κ1) is 31.6. The minimum Gasteiger partial charge on any atom is -0.493 e. The minimum absolute atomic E-state index is 0.0125. The van der Waals surface area contributed by atoms with Gasteiger partial charge in [0.05, 0.1) is 41.0 Å². The van der Waals surface area contributed by atoms with Crippen molar-refractivity contribution in [2.75, 3.05) is 39.1 Å². The Labute approximate surface area is 243 Å². The Bertz CT molecular complexity index is 1550. The molecular formula is C27H25ClF6N2O5S. The lowest BCUT2D eigenvalue weighted by Gasteiger charge is -2.19. The maximum Gasteiger partial charge on any atom is 0.416 e. The number of benzene rings is 3. The Morgan fingerprint density at radius 2 is 1.48 bits per heavy atom. The van der Waals surface area contributed by atoms with Gasteiger partial charge in [0.2, 0.25) is 0 Å². The number of nitrogens with zero attached hydrogens (tertiary/aromatic N) is 1. The molecule has 0 saturated carbocycles. The number of ether oxygens (including phenoxy) is 3. The summed E-state index contributed by atoms with van der Waals surface area (Å²) in [7, 11) is -0.382. The van der Waals surface area contributed by atoms with Crippen LogP contribution in [0.15, 0.2) is 53.4 Å². The van der Waals surface area contributed by atoms with Gasteiger partial charge in [-0.2, -0.15) is 26.3 Å².